The summed E-state index contributed by atoms with van der Waals surface area (Å²) in [6, 6.07) is 5.33. The molecule has 1 aromatic carbocycles. The third-order valence-corrected chi connectivity index (χ3v) is 3.00. The van der Waals surface area contributed by atoms with E-state index in [-0.39, 0.29) is 0 Å². The molecular formula is C11H11ClF2O. The molecule has 0 saturated carbocycles. The first-order valence-electron chi connectivity index (χ1n) is 4.79. The summed E-state index contributed by atoms with van der Waals surface area (Å²) in [5.74, 6) is 0.431. The maximum absolute atomic E-state index is 12.8. The lowest BCUT2D eigenvalue weighted by Crippen LogP contribution is -2.44. The normalized spacial score (nSPS) is 18.1. The Morgan fingerprint density at radius 3 is 2.73 bits per heavy atom. The smallest absolute Gasteiger partial charge is 0.166 e. The molecule has 0 N–H and O–H groups in total. The van der Waals surface area contributed by atoms with Crippen LogP contribution in [0.2, 0.25) is 5.02 Å². The molecule has 0 spiro atoms. The Morgan fingerprint density at radius 2 is 2.07 bits per heavy atom. The van der Waals surface area contributed by atoms with Gasteiger partial charge in [-0.15, -0.1) is 0 Å². The lowest BCUT2D eigenvalue weighted by atomic mass is 9.93. The molecule has 0 atom stereocenters. The van der Waals surface area contributed by atoms with Crippen LogP contribution < -0.4 is 4.74 Å². The molecule has 0 saturated heterocycles. The topological polar surface area (TPSA) is 9.23 Å². The zero-order valence-electron chi connectivity index (χ0n) is 8.10. The van der Waals surface area contributed by atoms with Crippen molar-refractivity contribution in [1.29, 1.82) is 0 Å². The van der Waals surface area contributed by atoms with Crippen LogP contribution in [0.3, 0.4) is 0 Å². The van der Waals surface area contributed by atoms with Gasteiger partial charge in [-0.05, 0) is 24.5 Å². The molecular weight excluding hydrogens is 222 g/mol. The molecule has 0 radical (unpaired) electrons. The van der Waals surface area contributed by atoms with E-state index in [9.17, 15) is 8.78 Å². The van der Waals surface area contributed by atoms with Gasteiger partial charge in [-0.1, -0.05) is 23.7 Å². The highest BCUT2D eigenvalue weighted by atomic mass is 35.5. The molecule has 0 bridgehead atoms. The molecule has 82 valence electrons. The first kappa shape index (κ1) is 10.7. The van der Waals surface area contributed by atoms with Crippen LogP contribution in [0, 0.1) is 0 Å². The van der Waals surface area contributed by atoms with Crippen LogP contribution in [0.5, 0.6) is 5.75 Å². The van der Waals surface area contributed by atoms with Gasteiger partial charge in [0.25, 0.3) is 0 Å². The fourth-order valence-electron chi connectivity index (χ4n) is 1.72. The number of aryl methyl sites for hydroxylation is 1. The molecule has 1 nitrogen and oxygen atoms in total. The number of fused-ring (bicyclic) bond motifs is 1. The SMILES string of the molecule is FCC1(CF)CCc2cccc(Cl)c2O1. The minimum Gasteiger partial charge on any atom is -0.480 e. The van der Waals surface area contributed by atoms with Gasteiger partial charge in [-0.2, -0.15) is 0 Å². The van der Waals surface area contributed by atoms with Crippen LogP contribution in [-0.2, 0) is 6.42 Å². The Hall–Kier alpha value is -0.830. The van der Waals surface area contributed by atoms with Crippen molar-refractivity contribution < 1.29 is 13.5 Å². The second-order valence-corrected chi connectivity index (χ2v) is 4.19. The highest BCUT2D eigenvalue weighted by Crippen LogP contribution is 2.38. The van der Waals surface area contributed by atoms with Crippen molar-refractivity contribution in [3.63, 3.8) is 0 Å². The van der Waals surface area contributed by atoms with E-state index in [1.54, 1.807) is 6.07 Å². The zero-order valence-corrected chi connectivity index (χ0v) is 8.86. The first-order valence-corrected chi connectivity index (χ1v) is 5.17. The molecule has 1 aliphatic heterocycles. The number of para-hydroxylation sites is 1. The standard InChI is InChI=1S/C11H11ClF2O/c12-9-3-1-2-8-4-5-11(6-13,7-14)15-10(8)9/h1-3H,4-7H2. The molecule has 1 aromatic rings. The molecule has 0 aliphatic carbocycles. The van der Waals surface area contributed by atoms with Gasteiger partial charge in [0.15, 0.2) is 5.60 Å². The van der Waals surface area contributed by atoms with E-state index in [4.69, 9.17) is 16.3 Å². The van der Waals surface area contributed by atoms with Crippen molar-refractivity contribution in [2.45, 2.75) is 18.4 Å². The number of rotatable bonds is 2. The Bertz CT molecular complexity index is 364. The highest BCUT2D eigenvalue weighted by molar-refractivity contribution is 6.32. The Morgan fingerprint density at radius 1 is 1.33 bits per heavy atom. The molecule has 2 rings (SSSR count). The summed E-state index contributed by atoms with van der Waals surface area (Å²) in [5.41, 5.74) is -0.405. The average Bonchev–Trinajstić information content (AvgIpc) is 2.29. The maximum atomic E-state index is 12.8. The maximum Gasteiger partial charge on any atom is 0.166 e. The molecule has 1 aliphatic rings. The number of halogens is 3. The molecule has 0 unspecified atom stereocenters. The molecule has 0 amide bonds. The summed E-state index contributed by atoms with van der Waals surface area (Å²) in [7, 11) is 0. The Labute approximate surface area is 92.0 Å². The Balaban J connectivity index is 2.36. The van der Waals surface area contributed by atoms with Crippen molar-refractivity contribution in [2.75, 3.05) is 13.3 Å². The van der Waals surface area contributed by atoms with Crippen LogP contribution in [0.25, 0.3) is 0 Å². The summed E-state index contributed by atoms with van der Waals surface area (Å²) < 4.78 is 30.9. The van der Waals surface area contributed by atoms with Gasteiger partial charge in [0.05, 0.1) is 5.02 Å². The number of hydrogen-bond donors (Lipinski definition) is 0. The van der Waals surface area contributed by atoms with Crippen molar-refractivity contribution in [2.24, 2.45) is 0 Å². The van der Waals surface area contributed by atoms with Gasteiger partial charge in [0.2, 0.25) is 0 Å². The van der Waals surface area contributed by atoms with Crippen LogP contribution in [-0.4, -0.2) is 19.0 Å². The number of benzene rings is 1. The molecule has 4 heteroatoms. The third kappa shape index (κ3) is 1.81. The molecule has 0 aromatic heterocycles. The van der Waals surface area contributed by atoms with Gasteiger partial charge >= 0.3 is 0 Å². The second kappa shape index (κ2) is 3.97. The zero-order chi connectivity index (χ0) is 10.9. The van der Waals surface area contributed by atoms with Crippen molar-refractivity contribution >= 4 is 11.6 Å². The van der Waals surface area contributed by atoms with Crippen LogP contribution in [0.1, 0.15) is 12.0 Å². The van der Waals surface area contributed by atoms with E-state index in [0.717, 1.165) is 5.56 Å². The van der Waals surface area contributed by atoms with E-state index in [1.165, 1.54) is 0 Å². The van der Waals surface area contributed by atoms with E-state index in [2.05, 4.69) is 0 Å². The van der Waals surface area contributed by atoms with Gasteiger partial charge in [-0.25, -0.2) is 8.78 Å². The second-order valence-electron chi connectivity index (χ2n) is 3.78. The van der Waals surface area contributed by atoms with Gasteiger partial charge < -0.3 is 4.74 Å². The van der Waals surface area contributed by atoms with Gasteiger partial charge in [0, 0.05) is 0 Å². The van der Waals surface area contributed by atoms with Gasteiger partial charge in [0.1, 0.15) is 19.1 Å². The lowest BCUT2D eigenvalue weighted by molar-refractivity contribution is 0.000422. The number of alkyl halides is 2. The summed E-state index contributed by atoms with van der Waals surface area (Å²) >= 11 is 5.91. The minimum atomic E-state index is -1.32. The van der Waals surface area contributed by atoms with Crippen LogP contribution in [0.15, 0.2) is 18.2 Å². The van der Waals surface area contributed by atoms with Gasteiger partial charge in [-0.3, -0.25) is 0 Å². The molecule has 0 fully saturated rings. The predicted octanol–water partition coefficient (Wildman–Crippen LogP) is 3.34. The Kier molecular flexibility index (Phi) is 2.83. The monoisotopic (exact) mass is 232 g/mol. The minimum absolute atomic E-state index is 0.355. The van der Waals surface area contributed by atoms with Crippen molar-refractivity contribution in [1.82, 2.24) is 0 Å². The van der Waals surface area contributed by atoms with Crippen LogP contribution >= 0.6 is 11.6 Å². The predicted molar refractivity (Wildman–Crippen MR) is 55.1 cm³/mol. The average molecular weight is 233 g/mol. The summed E-state index contributed by atoms with van der Waals surface area (Å²) in [6.45, 7) is -1.65. The van der Waals surface area contributed by atoms with Crippen molar-refractivity contribution in [3.8, 4) is 5.75 Å². The fourth-order valence-corrected chi connectivity index (χ4v) is 1.95. The molecule has 15 heavy (non-hydrogen) atoms. The fraction of sp³-hybridized carbons (Fsp3) is 0.455. The number of ether oxygens (including phenoxy) is 1. The van der Waals surface area contributed by atoms with E-state index < -0.39 is 19.0 Å². The molecule has 1 heterocycles. The lowest BCUT2D eigenvalue weighted by Gasteiger charge is -2.34. The summed E-state index contributed by atoms with van der Waals surface area (Å²) in [5, 5.41) is 0.415. The summed E-state index contributed by atoms with van der Waals surface area (Å²) in [4.78, 5) is 0. The van der Waals surface area contributed by atoms with Crippen LogP contribution in [0.4, 0.5) is 8.78 Å². The van der Waals surface area contributed by atoms with E-state index in [0.29, 0.717) is 23.6 Å². The highest BCUT2D eigenvalue weighted by Gasteiger charge is 2.37. The third-order valence-electron chi connectivity index (χ3n) is 2.70. The first-order chi connectivity index (χ1) is 7.21. The van der Waals surface area contributed by atoms with E-state index in [1.807, 2.05) is 12.1 Å². The van der Waals surface area contributed by atoms with E-state index >= 15 is 0 Å². The van der Waals surface area contributed by atoms with Crippen molar-refractivity contribution in [3.05, 3.63) is 28.8 Å². The summed E-state index contributed by atoms with van der Waals surface area (Å²) in [6.07, 6.45) is 0.955. The quantitative estimate of drug-likeness (QED) is 0.760. The number of hydrogen-bond acceptors (Lipinski definition) is 1. The largest absolute Gasteiger partial charge is 0.480 e.